The van der Waals surface area contributed by atoms with E-state index in [-0.39, 0.29) is 17.7 Å². The molecule has 0 unspecified atom stereocenters. The van der Waals surface area contributed by atoms with Crippen molar-refractivity contribution in [1.29, 1.82) is 0 Å². The summed E-state index contributed by atoms with van der Waals surface area (Å²) in [6.07, 6.45) is 5.53. The van der Waals surface area contributed by atoms with E-state index in [0.29, 0.717) is 23.9 Å². The molecule has 2 aromatic rings. The number of rotatable bonds is 2. The predicted octanol–water partition coefficient (Wildman–Crippen LogP) is 1.57. The minimum absolute atomic E-state index is 0.0597. The summed E-state index contributed by atoms with van der Waals surface area (Å²) in [7, 11) is 0. The van der Waals surface area contributed by atoms with Crippen LogP contribution in [-0.2, 0) is 0 Å². The molecule has 2 aromatic heterocycles. The number of aromatic carboxylic acids is 1. The topological polar surface area (TPSA) is 92.4 Å². The lowest BCUT2D eigenvalue weighted by atomic mass is 9.92. The first kappa shape index (κ1) is 13.8. The van der Waals surface area contributed by atoms with Gasteiger partial charge in [-0.05, 0) is 37.8 Å². The number of aliphatic hydroxyl groups excluding tert-OH is 1. The third-order valence-electron chi connectivity index (χ3n) is 4.08. The Morgan fingerprint density at radius 2 is 2.00 bits per heavy atom. The second kappa shape index (κ2) is 5.29. The van der Waals surface area contributed by atoms with Gasteiger partial charge in [-0.3, -0.25) is 4.79 Å². The van der Waals surface area contributed by atoms with Crippen molar-refractivity contribution in [2.24, 2.45) is 0 Å². The molecule has 0 radical (unpaired) electrons. The Morgan fingerprint density at radius 1 is 1.29 bits per heavy atom. The molecular formula is C15H16N2O4. The number of fused-ring (bicyclic) bond motifs is 1. The molecule has 0 spiro atoms. The number of carbonyl (C=O) groups is 1. The van der Waals surface area contributed by atoms with Crippen molar-refractivity contribution in [3.05, 3.63) is 40.3 Å². The number of nitrogens with zero attached hydrogens (tertiary/aromatic N) is 2. The molecule has 21 heavy (non-hydrogen) atoms. The Labute approximate surface area is 120 Å². The third-order valence-corrected chi connectivity index (χ3v) is 4.08. The highest BCUT2D eigenvalue weighted by Crippen LogP contribution is 2.30. The maximum atomic E-state index is 12.2. The van der Waals surface area contributed by atoms with Crippen LogP contribution in [0.5, 0.6) is 0 Å². The van der Waals surface area contributed by atoms with E-state index < -0.39 is 11.4 Å². The highest BCUT2D eigenvalue weighted by atomic mass is 16.4. The lowest BCUT2D eigenvalue weighted by Gasteiger charge is -2.28. The van der Waals surface area contributed by atoms with Crippen LogP contribution in [0, 0.1) is 0 Å². The van der Waals surface area contributed by atoms with Crippen molar-refractivity contribution < 1.29 is 15.0 Å². The quantitative estimate of drug-likeness (QED) is 0.875. The number of aromatic nitrogens is 2. The van der Waals surface area contributed by atoms with Gasteiger partial charge in [0, 0.05) is 18.4 Å². The first-order valence-corrected chi connectivity index (χ1v) is 6.99. The second-order valence-corrected chi connectivity index (χ2v) is 5.42. The normalized spacial score (nSPS) is 22.3. The Morgan fingerprint density at radius 3 is 2.67 bits per heavy atom. The van der Waals surface area contributed by atoms with E-state index in [1.807, 2.05) is 0 Å². The van der Waals surface area contributed by atoms with Gasteiger partial charge < -0.3 is 14.8 Å². The minimum Gasteiger partial charge on any atom is -0.477 e. The molecule has 0 bridgehead atoms. The number of carboxylic acids is 1. The molecule has 1 fully saturated rings. The molecule has 6 heteroatoms. The minimum atomic E-state index is -1.23. The molecule has 1 aliphatic carbocycles. The first-order chi connectivity index (χ1) is 10.1. The molecule has 1 saturated carbocycles. The summed E-state index contributed by atoms with van der Waals surface area (Å²) in [4.78, 5) is 27.7. The summed E-state index contributed by atoms with van der Waals surface area (Å²) >= 11 is 0. The zero-order chi connectivity index (χ0) is 15.0. The molecule has 6 nitrogen and oxygen atoms in total. The van der Waals surface area contributed by atoms with Gasteiger partial charge in [-0.25, -0.2) is 9.78 Å². The average molecular weight is 288 g/mol. The summed E-state index contributed by atoms with van der Waals surface area (Å²) in [6.45, 7) is 0. The number of carboxylic acid groups (broad SMARTS) is 1. The van der Waals surface area contributed by atoms with Crippen LogP contribution in [0.2, 0.25) is 0 Å². The van der Waals surface area contributed by atoms with E-state index >= 15 is 0 Å². The van der Waals surface area contributed by atoms with Gasteiger partial charge in [-0.2, -0.15) is 0 Å². The lowest BCUT2D eigenvalue weighted by molar-refractivity contribution is 0.0693. The molecular weight excluding hydrogens is 272 g/mol. The Kier molecular flexibility index (Phi) is 3.47. The summed E-state index contributed by atoms with van der Waals surface area (Å²) < 4.78 is 1.78. The summed E-state index contributed by atoms with van der Waals surface area (Å²) in [5, 5.41) is 19.1. The van der Waals surface area contributed by atoms with Gasteiger partial charge in [0.15, 0.2) is 0 Å². The molecule has 2 heterocycles. The van der Waals surface area contributed by atoms with Gasteiger partial charge in [0.1, 0.15) is 11.2 Å². The number of aliphatic hydroxyl groups is 1. The van der Waals surface area contributed by atoms with Gasteiger partial charge in [0.05, 0.1) is 11.5 Å². The molecule has 1 aliphatic rings. The zero-order valence-electron chi connectivity index (χ0n) is 11.4. The Balaban J connectivity index is 2.19. The van der Waals surface area contributed by atoms with E-state index in [4.69, 9.17) is 0 Å². The molecule has 3 rings (SSSR count). The maximum Gasteiger partial charge on any atom is 0.341 e. The highest BCUT2D eigenvalue weighted by Gasteiger charge is 2.24. The number of hydrogen-bond acceptors (Lipinski definition) is 4. The van der Waals surface area contributed by atoms with E-state index in [1.165, 1.54) is 6.20 Å². The average Bonchev–Trinajstić information content (AvgIpc) is 2.49. The highest BCUT2D eigenvalue weighted by molar-refractivity contribution is 5.91. The fourth-order valence-corrected chi connectivity index (χ4v) is 2.95. The Bertz CT molecular complexity index is 745. The second-order valence-electron chi connectivity index (χ2n) is 5.42. The van der Waals surface area contributed by atoms with E-state index in [0.717, 1.165) is 12.8 Å². The SMILES string of the molecule is O=C(O)c1cn([C@H]2CC[C@H](O)CC2)c2ncccc2c1=O. The van der Waals surface area contributed by atoms with Crippen molar-refractivity contribution in [1.82, 2.24) is 9.55 Å². The van der Waals surface area contributed by atoms with Crippen molar-refractivity contribution in [3.8, 4) is 0 Å². The van der Waals surface area contributed by atoms with Gasteiger partial charge >= 0.3 is 5.97 Å². The van der Waals surface area contributed by atoms with Crippen LogP contribution in [0.4, 0.5) is 0 Å². The van der Waals surface area contributed by atoms with Crippen molar-refractivity contribution in [2.75, 3.05) is 0 Å². The van der Waals surface area contributed by atoms with E-state index in [2.05, 4.69) is 4.98 Å². The van der Waals surface area contributed by atoms with Crippen LogP contribution in [0.15, 0.2) is 29.3 Å². The molecule has 2 N–H and O–H groups in total. The first-order valence-electron chi connectivity index (χ1n) is 6.99. The fourth-order valence-electron chi connectivity index (χ4n) is 2.95. The van der Waals surface area contributed by atoms with Crippen LogP contribution < -0.4 is 5.43 Å². The van der Waals surface area contributed by atoms with Crippen LogP contribution in [0.25, 0.3) is 11.0 Å². The number of pyridine rings is 2. The third kappa shape index (κ3) is 2.42. The molecule has 0 saturated heterocycles. The van der Waals surface area contributed by atoms with Gasteiger partial charge in [-0.1, -0.05) is 0 Å². The van der Waals surface area contributed by atoms with Crippen LogP contribution >= 0.6 is 0 Å². The van der Waals surface area contributed by atoms with E-state index in [9.17, 15) is 19.8 Å². The summed E-state index contributed by atoms with van der Waals surface area (Å²) in [6, 6.07) is 3.29. The summed E-state index contributed by atoms with van der Waals surface area (Å²) in [5.74, 6) is -1.23. The van der Waals surface area contributed by atoms with E-state index in [1.54, 1.807) is 22.9 Å². The molecule has 0 amide bonds. The largest absolute Gasteiger partial charge is 0.477 e. The van der Waals surface area contributed by atoms with Crippen LogP contribution in [0.3, 0.4) is 0 Å². The standard InChI is InChI=1S/C15H16N2O4/c18-10-5-3-9(4-6-10)17-8-12(15(20)21)13(19)11-2-1-7-16-14(11)17/h1-2,7-10,18H,3-6H2,(H,20,21)/t9-,10-. The van der Waals surface area contributed by atoms with Gasteiger partial charge in [0.25, 0.3) is 0 Å². The molecule has 0 aliphatic heterocycles. The molecule has 0 atom stereocenters. The van der Waals surface area contributed by atoms with Crippen molar-refractivity contribution in [2.45, 2.75) is 37.8 Å². The fraction of sp³-hybridized carbons (Fsp3) is 0.400. The maximum absolute atomic E-state index is 12.2. The van der Waals surface area contributed by atoms with Crippen molar-refractivity contribution in [3.63, 3.8) is 0 Å². The van der Waals surface area contributed by atoms with Crippen molar-refractivity contribution >= 4 is 17.0 Å². The Hall–Kier alpha value is -2.21. The van der Waals surface area contributed by atoms with Crippen LogP contribution in [0.1, 0.15) is 42.1 Å². The lowest BCUT2D eigenvalue weighted by Crippen LogP contribution is -2.25. The van der Waals surface area contributed by atoms with Crippen LogP contribution in [-0.4, -0.2) is 31.8 Å². The van der Waals surface area contributed by atoms with Gasteiger partial charge in [0.2, 0.25) is 5.43 Å². The smallest absolute Gasteiger partial charge is 0.341 e. The van der Waals surface area contributed by atoms with Gasteiger partial charge in [-0.15, -0.1) is 0 Å². The number of hydrogen-bond donors (Lipinski definition) is 2. The zero-order valence-corrected chi connectivity index (χ0v) is 11.4. The summed E-state index contributed by atoms with van der Waals surface area (Å²) in [5.41, 5.74) is -0.229. The predicted molar refractivity (Wildman–Crippen MR) is 76.5 cm³/mol. The monoisotopic (exact) mass is 288 g/mol. The molecule has 110 valence electrons. The molecule has 0 aromatic carbocycles.